The van der Waals surface area contributed by atoms with Crippen LogP contribution in [0.1, 0.15) is 25.3 Å². The molecule has 1 fully saturated rings. The van der Waals surface area contributed by atoms with Crippen LogP contribution in [-0.2, 0) is 6.54 Å². The van der Waals surface area contributed by atoms with Gasteiger partial charge in [0.1, 0.15) is 0 Å². The zero-order valence-electron chi connectivity index (χ0n) is 12.4. The number of hydrogen-bond acceptors (Lipinski definition) is 3. The third-order valence-corrected chi connectivity index (χ3v) is 5.29. The highest BCUT2D eigenvalue weighted by Gasteiger charge is 2.25. The first-order valence-corrected chi connectivity index (χ1v) is 8.48. The predicted octanol–water partition coefficient (Wildman–Crippen LogP) is 3.56. The number of rotatable bonds is 3. The summed E-state index contributed by atoms with van der Waals surface area (Å²) in [5.41, 5.74) is 8.62. The molecular formula is C17H22BrN3. The second-order valence-electron chi connectivity index (χ2n) is 5.96. The monoisotopic (exact) mass is 347 g/mol. The van der Waals surface area contributed by atoms with Crippen LogP contribution >= 0.6 is 15.9 Å². The molecule has 0 amide bonds. The number of halogens is 1. The Hall–Kier alpha value is -0.970. The molecule has 2 unspecified atom stereocenters. The van der Waals surface area contributed by atoms with Crippen LogP contribution in [0.2, 0.25) is 0 Å². The van der Waals surface area contributed by atoms with Gasteiger partial charge in [-0.2, -0.15) is 0 Å². The fourth-order valence-electron chi connectivity index (χ4n) is 3.27. The van der Waals surface area contributed by atoms with Crippen molar-refractivity contribution in [1.29, 1.82) is 0 Å². The Bertz CT molecular complexity index is 628. The van der Waals surface area contributed by atoms with E-state index in [1.165, 1.54) is 10.9 Å². The molecule has 1 aliphatic rings. The number of aromatic nitrogens is 1. The van der Waals surface area contributed by atoms with Crippen LogP contribution in [0.4, 0.5) is 0 Å². The molecular weight excluding hydrogens is 326 g/mol. The highest BCUT2D eigenvalue weighted by Crippen LogP contribution is 2.27. The van der Waals surface area contributed by atoms with Gasteiger partial charge in [0.15, 0.2) is 0 Å². The number of piperidine rings is 1. The molecule has 1 aromatic carbocycles. The van der Waals surface area contributed by atoms with Gasteiger partial charge in [0.2, 0.25) is 0 Å². The third kappa shape index (κ3) is 3.12. The first-order chi connectivity index (χ1) is 10.2. The topological polar surface area (TPSA) is 42.2 Å². The average molecular weight is 348 g/mol. The molecule has 2 aromatic rings. The van der Waals surface area contributed by atoms with Crippen LogP contribution in [0.3, 0.4) is 0 Å². The van der Waals surface area contributed by atoms with E-state index in [9.17, 15) is 0 Å². The lowest BCUT2D eigenvalue weighted by molar-refractivity contribution is 0.146. The smallest absolute Gasteiger partial charge is 0.0758 e. The Morgan fingerprint density at radius 3 is 3.05 bits per heavy atom. The van der Waals surface area contributed by atoms with Crippen molar-refractivity contribution >= 4 is 26.8 Å². The van der Waals surface area contributed by atoms with Gasteiger partial charge in [-0.15, -0.1) is 0 Å². The summed E-state index contributed by atoms with van der Waals surface area (Å²) in [5.74, 6) is 0.619. The van der Waals surface area contributed by atoms with Crippen molar-refractivity contribution in [3.8, 4) is 0 Å². The van der Waals surface area contributed by atoms with Crippen LogP contribution in [0.25, 0.3) is 10.9 Å². The van der Waals surface area contributed by atoms with Crippen LogP contribution < -0.4 is 5.73 Å². The van der Waals surface area contributed by atoms with E-state index >= 15 is 0 Å². The molecule has 0 radical (unpaired) electrons. The molecule has 4 heteroatoms. The second kappa shape index (κ2) is 6.42. The molecule has 1 aliphatic heterocycles. The summed E-state index contributed by atoms with van der Waals surface area (Å²) < 4.78 is 1.11. The molecule has 1 aromatic heterocycles. The fraction of sp³-hybridized carbons (Fsp3) is 0.471. The van der Waals surface area contributed by atoms with E-state index in [2.05, 4.69) is 50.9 Å². The van der Waals surface area contributed by atoms with Crippen molar-refractivity contribution in [2.75, 3.05) is 13.1 Å². The Kier molecular flexibility index (Phi) is 4.57. The molecule has 1 saturated heterocycles. The number of nitrogens with two attached hydrogens (primary N) is 1. The van der Waals surface area contributed by atoms with Crippen LogP contribution in [-0.4, -0.2) is 29.0 Å². The Morgan fingerprint density at radius 1 is 1.38 bits per heavy atom. The summed E-state index contributed by atoms with van der Waals surface area (Å²) >= 11 is 3.61. The molecule has 0 spiro atoms. The van der Waals surface area contributed by atoms with Gasteiger partial charge in [0.25, 0.3) is 0 Å². The number of fused-ring (bicyclic) bond motifs is 1. The zero-order valence-corrected chi connectivity index (χ0v) is 14.0. The van der Waals surface area contributed by atoms with E-state index in [4.69, 9.17) is 5.73 Å². The maximum Gasteiger partial charge on any atom is 0.0758 e. The maximum absolute atomic E-state index is 6.21. The Morgan fingerprint density at radius 2 is 2.24 bits per heavy atom. The van der Waals surface area contributed by atoms with Gasteiger partial charge in [-0.3, -0.25) is 9.88 Å². The van der Waals surface area contributed by atoms with Gasteiger partial charge < -0.3 is 5.73 Å². The van der Waals surface area contributed by atoms with Gasteiger partial charge in [-0.1, -0.05) is 41.4 Å². The first kappa shape index (κ1) is 14.9. The lowest BCUT2D eigenvalue weighted by Crippen LogP contribution is -2.46. The summed E-state index contributed by atoms with van der Waals surface area (Å²) in [6, 6.07) is 8.80. The van der Waals surface area contributed by atoms with Gasteiger partial charge in [0, 0.05) is 35.2 Å². The van der Waals surface area contributed by atoms with E-state index in [1.807, 2.05) is 12.3 Å². The third-order valence-electron chi connectivity index (χ3n) is 4.60. The summed E-state index contributed by atoms with van der Waals surface area (Å²) in [6.45, 7) is 5.39. The molecule has 2 heterocycles. The standard InChI is InChI=1S/C17H22BrN3/c1-2-12-10-21(9-7-16(12)19)11-13-5-6-15(18)14-4-3-8-20-17(13)14/h3-6,8,12,16H,2,7,9-11,19H2,1H3. The fourth-order valence-corrected chi connectivity index (χ4v) is 3.72. The summed E-state index contributed by atoms with van der Waals surface area (Å²) in [6.07, 6.45) is 4.14. The van der Waals surface area contributed by atoms with E-state index in [-0.39, 0.29) is 0 Å². The number of benzene rings is 1. The minimum absolute atomic E-state index is 0.367. The predicted molar refractivity (Wildman–Crippen MR) is 91.1 cm³/mol. The highest BCUT2D eigenvalue weighted by atomic mass is 79.9. The lowest BCUT2D eigenvalue weighted by Gasteiger charge is -2.36. The largest absolute Gasteiger partial charge is 0.327 e. The van der Waals surface area contributed by atoms with Crippen molar-refractivity contribution in [3.05, 3.63) is 40.5 Å². The molecule has 3 nitrogen and oxygen atoms in total. The normalized spacial score (nSPS) is 23.6. The van der Waals surface area contributed by atoms with E-state index in [0.29, 0.717) is 12.0 Å². The molecule has 0 aliphatic carbocycles. The van der Waals surface area contributed by atoms with Gasteiger partial charge >= 0.3 is 0 Å². The molecule has 3 rings (SSSR count). The van der Waals surface area contributed by atoms with Gasteiger partial charge in [-0.05, 0) is 36.6 Å². The molecule has 0 saturated carbocycles. The summed E-state index contributed by atoms with van der Waals surface area (Å²) in [4.78, 5) is 7.10. The zero-order chi connectivity index (χ0) is 14.8. The number of nitrogens with zero attached hydrogens (tertiary/aromatic N) is 2. The SMILES string of the molecule is CCC1CN(Cc2ccc(Br)c3cccnc23)CCC1N. The minimum atomic E-state index is 0.367. The van der Waals surface area contributed by atoms with Crippen molar-refractivity contribution in [1.82, 2.24) is 9.88 Å². The van der Waals surface area contributed by atoms with Crippen LogP contribution in [0, 0.1) is 5.92 Å². The Labute approximate surface area is 134 Å². The molecule has 0 bridgehead atoms. The van der Waals surface area contributed by atoms with Crippen LogP contribution in [0.5, 0.6) is 0 Å². The second-order valence-corrected chi connectivity index (χ2v) is 6.82. The Balaban J connectivity index is 1.84. The highest BCUT2D eigenvalue weighted by molar-refractivity contribution is 9.10. The number of hydrogen-bond donors (Lipinski definition) is 1. The van der Waals surface area contributed by atoms with Crippen molar-refractivity contribution in [3.63, 3.8) is 0 Å². The summed E-state index contributed by atoms with van der Waals surface area (Å²) in [7, 11) is 0. The van der Waals surface area contributed by atoms with E-state index < -0.39 is 0 Å². The van der Waals surface area contributed by atoms with Gasteiger partial charge in [-0.25, -0.2) is 0 Å². The number of likely N-dealkylation sites (tertiary alicyclic amines) is 1. The van der Waals surface area contributed by atoms with Crippen molar-refractivity contribution < 1.29 is 0 Å². The van der Waals surface area contributed by atoms with Crippen molar-refractivity contribution in [2.24, 2.45) is 11.7 Å². The molecule has 2 N–H and O–H groups in total. The van der Waals surface area contributed by atoms with Crippen molar-refractivity contribution in [2.45, 2.75) is 32.4 Å². The van der Waals surface area contributed by atoms with Crippen LogP contribution in [0.15, 0.2) is 34.9 Å². The lowest BCUT2D eigenvalue weighted by atomic mass is 9.90. The first-order valence-electron chi connectivity index (χ1n) is 7.69. The maximum atomic E-state index is 6.21. The average Bonchev–Trinajstić information content (AvgIpc) is 2.52. The minimum Gasteiger partial charge on any atom is -0.327 e. The quantitative estimate of drug-likeness (QED) is 0.922. The summed E-state index contributed by atoms with van der Waals surface area (Å²) in [5, 5.41) is 1.19. The number of pyridine rings is 1. The molecule has 21 heavy (non-hydrogen) atoms. The molecule has 2 atom stereocenters. The molecule has 112 valence electrons. The van der Waals surface area contributed by atoms with E-state index in [1.54, 1.807) is 0 Å². The van der Waals surface area contributed by atoms with E-state index in [0.717, 1.165) is 42.5 Å². The van der Waals surface area contributed by atoms with Gasteiger partial charge in [0.05, 0.1) is 5.52 Å².